The van der Waals surface area contributed by atoms with Gasteiger partial charge in [0.15, 0.2) is 6.10 Å². The topological polar surface area (TPSA) is 317 Å². The van der Waals surface area contributed by atoms with E-state index in [0.29, 0.717) is 38.5 Å². The van der Waals surface area contributed by atoms with E-state index in [1.807, 2.05) is 6.92 Å². The fourth-order valence-electron chi connectivity index (χ4n) is 8.58. The van der Waals surface area contributed by atoms with Gasteiger partial charge in [-0.05, 0) is 51.4 Å². The van der Waals surface area contributed by atoms with Gasteiger partial charge in [-0.25, -0.2) is 9.13 Å². The van der Waals surface area contributed by atoms with E-state index in [1.54, 1.807) is 0 Å². The van der Waals surface area contributed by atoms with Gasteiger partial charge in [-0.3, -0.25) is 23.2 Å². The second kappa shape index (κ2) is 34.7. The van der Waals surface area contributed by atoms with Crippen LogP contribution in [0, 0.1) is 11.8 Å². The van der Waals surface area contributed by atoms with Crippen LogP contribution >= 0.6 is 15.6 Å². The highest BCUT2D eigenvalue weighted by Crippen LogP contribution is 2.50. The molecule has 398 valence electrons. The van der Waals surface area contributed by atoms with Crippen molar-refractivity contribution in [2.75, 3.05) is 13.2 Å². The Morgan fingerprint density at radius 1 is 0.794 bits per heavy atom. The molecule has 1 heterocycles. The molecule has 13 atom stereocenters. The first-order chi connectivity index (χ1) is 32.3. The highest BCUT2D eigenvalue weighted by molar-refractivity contribution is 7.47. The third-order valence-corrected chi connectivity index (χ3v) is 14.1. The Hall–Kier alpha value is -1.64. The van der Waals surface area contributed by atoms with Crippen LogP contribution in [0.3, 0.4) is 0 Å². The zero-order chi connectivity index (χ0) is 50.5. The van der Waals surface area contributed by atoms with Gasteiger partial charge in [0.05, 0.1) is 37.1 Å². The van der Waals surface area contributed by atoms with Crippen molar-refractivity contribution in [2.24, 2.45) is 11.8 Å². The highest BCUT2D eigenvalue weighted by Gasteiger charge is 2.51. The van der Waals surface area contributed by atoms with Crippen LogP contribution in [0.1, 0.15) is 174 Å². The SMILES string of the molecule is CCCCCCCC/C=C\CCCCCCCC(=O)OC[C@@H]1COP(=O)(O)O[C@H]2[C@H](O)[C@@H](O)[C@H](O)[C@@H](CCCCCCC(=O)O1)[C@@H](O)C[C@@H](O)[C@H](C=C[C@@H](O)CCCCC)[C@@H](O)[C@H]2OP(=O)(O)O. The van der Waals surface area contributed by atoms with E-state index in [4.69, 9.17) is 23.0 Å². The average molecular weight is 1020 g/mol. The van der Waals surface area contributed by atoms with Gasteiger partial charge in [-0.15, -0.1) is 0 Å². The van der Waals surface area contributed by atoms with Gasteiger partial charge < -0.3 is 59.9 Å². The summed E-state index contributed by atoms with van der Waals surface area (Å²) >= 11 is 0. The van der Waals surface area contributed by atoms with Crippen molar-refractivity contribution in [3.63, 3.8) is 0 Å². The van der Waals surface area contributed by atoms with Crippen molar-refractivity contribution in [3.8, 4) is 0 Å². The van der Waals surface area contributed by atoms with Crippen LogP contribution in [0.2, 0.25) is 0 Å². The number of rotatable bonds is 25. The fraction of sp³-hybridized carbons (Fsp3) is 0.872. The Morgan fingerprint density at radius 2 is 1.40 bits per heavy atom. The largest absolute Gasteiger partial charge is 0.472 e. The minimum absolute atomic E-state index is 0.0253. The maximum Gasteiger partial charge on any atom is 0.472 e. The number of allylic oxidation sites excluding steroid dienone is 2. The fourth-order valence-corrected chi connectivity index (χ4v) is 10.1. The normalized spacial score (nSPS) is 31.6. The van der Waals surface area contributed by atoms with Crippen LogP contribution in [0.15, 0.2) is 24.3 Å². The number of phosphoric acid groups is 2. The molecule has 68 heavy (non-hydrogen) atoms. The molecule has 0 aromatic rings. The zero-order valence-corrected chi connectivity index (χ0v) is 42.2. The maximum absolute atomic E-state index is 13.7. The number of hydrogen-bond acceptors (Lipinski definition) is 16. The molecule has 1 aliphatic carbocycles. The van der Waals surface area contributed by atoms with E-state index in [2.05, 4.69) is 19.1 Å². The molecule has 2 bridgehead atoms. The number of unbranched alkanes of at least 4 members (excludes halogenated alkanes) is 13. The molecule has 1 saturated heterocycles. The Bertz CT molecular complexity index is 1530. The van der Waals surface area contributed by atoms with Crippen LogP contribution < -0.4 is 0 Å². The van der Waals surface area contributed by atoms with Crippen molar-refractivity contribution < 1.29 is 92.2 Å². The second-order valence-electron chi connectivity index (χ2n) is 18.5. The summed E-state index contributed by atoms with van der Waals surface area (Å²) in [7, 11) is -11.4. The summed E-state index contributed by atoms with van der Waals surface area (Å²) in [5.41, 5.74) is 0. The third-order valence-electron chi connectivity index (χ3n) is 12.6. The van der Waals surface area contributed by atoms with Crippen LogP contribution in [0.5, 0.6) is 0 Å². The predicted octanol–water partition coefficient (Wildman–Crippen LogP) is 6.11. The number of esters is 2. The summed E-state index contributed by atoms with van der Waals surface area (Å²) in [5.74, 6) is -4.36. The molecule has 10 N–H and O–H groups in total. The molecule has 19 nitrogen and oxygen atoms in total. The summed E-state index contributed by atoms with van der Waals surface area (Å²) in [6.45, 7) is 2.60. The lowest BCUT2D eigenvalue weighted by molar-refractivity contribution is -0.166. The second-order valence-corrected chi connectivity index (χ2v) is 21.1. The number of carbonyl (C=O) groups is 2. The number of ether oxygens (including phenoxy) is 2. The number of hydrogen-bond donors (Lipinski definition) is 10. The summed E-state index contributed by atoms with van der Waals surface area (Å²) in [4.78, 5) is 56.7. The highest BCUT2D eigenvalue weighted by atomic mass is 31.2. The van der Waals surface area contributed by atoms with Gasteiger partial charge in [0.1, 0.15) is 31.0 Å². The number of fused-ring (bicyclic) bond motifs is 4. The molecule has 0 amide bonds. The quantitative estimate of drug-likeness (QED) is 0.0213. The first-order valence-corrected chi connectivity index (χ1v) is 28.2. The van der Waals surface area contributed by atoms with Crippen LogP contribution in [0.25, 0.3) is 0 Å². The molecule has 1 aliphatic heterocycles. The number of phosphoric ester groups is 2. The molecule has 0 aromatic carbocycles. The lowest BCUT2D eigenvalue weighted by atomic mass is 9.82. The zero-order valence-electron chi connectivity index (χ0n) is 40.4. The van der Waals surface area contributed by atoms with Crippen molar-refractivity contribution in [2.45, 2.75) is 235 Å². The van der Waals surface area contributed by atoms with E-state index < -0.39 is 120 Å². The van der Waals surface area contributed by atoms with E-state index in [1.165, 1.54) is 44.6 Å². The summed E-state index contributed by atoms with van der Waals surface area (Å²) in [6.07, 6.45) is 3.39. The molecule has 2 fully saturated rings. The van der Waals surface area contributed by atoms with E-state index in [-0.39, 0.29) is 25.7 Å². The van der Waals surface area contributed by atoms with Crippen LogP contribution in [-0.4, -0.2) is 137 Å². The van der Waals surface area contributed by atoms with Gasteiger partial charge >= 0.3 is 27.6 Å². The summed E-state index contributed by atoms with van der Waals surface area (Å²) < 4.78 is 52.2. The van der Waals surface area contributed by atoms with Crippen molar-refractivity contribution >= 4 is 27.6 Å². The molecular formula is C47H86O19P2. The van der Waals surface area contributed by atoms with E-state index in [0.717, 1.165) is 57.4 Å². The summed E-state index contributed by atoms with van der Waals surface area (Å²) in [5, 5.41) is 79.8. The van der Waals surface area contributed by atoms with E-state index in [9.17, 15) is 69.1 Å². The minimum Gasteiger partial charge on any atom is -0.462 e. The lowest BCUT2D eigenvalue weighted by Crippen LogP contribution is -2.56. The Kier molecular flexibility index (Phi) is 31.9. The first kappa shape index (κ1) is 62.5. The van der Waals surface area contributed by atoms with Crippen molar-refractivity contribution in [1.82, 2.24) is 0 Å². The minimum atomic E-state index is -5.76. The van der Waals surface area contributed by atoms with Gasteiger partial charge in [-0.2, -0.15) is 0 Å². The van der Waals surface area contributed by atoms with Crippen molar-refractivity contribution in [1.29, 1.82) is 0 Å². The first-order valence-electron chi connectivity index (χ1n) is 25.1. The molecule has 2 rings (SSSR count). The smallest absolute Gasteiger partial charge is 0.462 e. The third kappa shape index (κ3) is 26.2. The summed E-state index contributed by atoms with van der Waals surface area (Å²) in [6, 6.07) is 0. The molecule has 0 radical (unpaired) electrons. The monoisotopic (exact) mass is 1020 g/mol. The lowest BCUT2D eigenvalue weighted by Gasteiger charge is -2.39. The standard InChI is InChI=1S/C47H86O19P2/c1-3-5-7-8-9-10-11-12-13-14-15-16-17-18-23-27-40(51)62-32-35-33-63-68(60,61)66-47-45(56)44(55)42(53)36(26-22-19-20-24-28-41(52)64-35)38(49)31-39(50)37(30-29-34(48)25-21-6-4-2)43(54)46(47)65-67(57,58)59/h12-13,29-30,34-39,42-50,53-56H,3-11,14-28,31-33H2,1-2H3,(H,60,61)(H2,57,58,59)/b13-12-,30-29?/t34-,35+,36-,37-,38-,39+,42+,43+,44-,45+,46+,47-/m0/s1. The average Bonchev–Trinajstić information content (AvgIpc) is 3.28. The van der Waals surface area contributed by atoms with Gasteiger partial charge in [-0.1, -0.05) is 128 Å². The number of aliphatic hydroxyl groups is 7. The van der Waals surface area contributed by atoms with Crippen LogP contribution in [0.4, 0.5) is 0 Å². The van der Waals surface area contributed by atoms with Gasteiger partial charge in [0, 0.05) is 31.1 Å². The van der Waals surface area contributed by atoms with Gasteiger partial charge in [0.2, 0.25) is 0 Å². The predicted molar refractivity (Wildman–Crippen MR) is 252 cm³/mol. The number of aliphatic hydroxyl groups excluding tert-OH is 7. The number of cyclic esters (lactones) is 1. The Balaban J connectivity index is 2.28. The van der Waals surface area contributed by atoms with Crippen LogP contribution in [-0.2, 0) is 41.8 Å². The molecule has 0 aromatic heterocycles. The molecule has 0 spiro atoms. The molecule has 2 aliphatic rings. The Morgan fingerprint density at radius 3 is 2.04 bits per heavy atom. The van der Waals surface area contributed by atoms with Crippen molar-refractivity contribution in [3.05, 3.63) is 24.3 Å². The van der Waals surface area contributed by atoms with Gasteiger partial charge in [0.25, 0.3) is 0 Å². The maximum atomic E-state index is 13.7. The Labute approximate surface area is 403 Å². The molecule has 21 heteroatoms. The number of carbonyl (C=O) groups excluding carboxylic acids is 2. The molecule has 1 unspecified atom stereocenters. The van der Waals surface area contributed by atoms with E-state index >= 15 is 0 Å². The molecule has 1 saturated carbocycles. The molecular weight excluding hydrogens is 930 g/mol.